The number of benzene rings is 1. The highest BCUT2D eigenvalue weighted by Crippen LogP contribution is 2.42. The van der Waals surface area contributed by atoms with Crippen molar-refractivity contribution in [3.63, 3.8) is 0 Å². The number of amides is 2. The first-order chi connectivity index (χ1) is 13.0. The second kappa shape index (κ2) is 8.95. The summed E-state index contributed by atoms with van der Waals surface area (Å²) in [6.07, 6.45) is 3.01. The topological polar surface area (TPSA) is 84.5 Å². The molecule has 0 bridgehead atoms. The van der Waals surface area contributed by atoms with Gasteiger partial charge in [-0.25, -0.2) is 0 Å². The molecule has 0 aliphatic heterocycles. The van der Waals surface area contributed by atoms with Gasteiger partial charge in [-0.3, -0.25) is 14.4 Å². The molecular weight excluding hydrogens is 380 g/mol. The summed E-state index contributed by atoms with van der Waals surface area (Å²) in [5, 5.41) is 6.14. The van der Waals surface area contributed by atoms with Crippen LogP contribution in [0.15, 0.2) is 18.2 Å². The number of carbonyl (C=O) groups is 3. The molecule has 7 heteroatoms. The zero-order valence-electron chi connectivity index (χ0n) is 17.0. The molecule has 0 heterocycles. The van der Waals surface area contributed by atoms with Crippen LogP contribution in [0.25, 0.3) is 0 Å². The molecule has 1 saturated carbocycles. The fraction of sp³-hybridized carbons (Fsp3) is 0.571. The number of ether oxygens (including phenoxy) is 1. The van der Waals surface area contributed by atoms with Crippen molar-refractivity contribution in [1.82, 2.24) is 5.32 Å². The van der Waals surface area contributed by atoms with E-state index in [-0.39, 0.29) is 17.9 Å². The van der Waals surface area contributed by atoms with Crippen LogP contribution in [0.4, 0.5) is 5.69 Å². The van der Waals surface area contributed by atoms with E-state index in [1.807, 2.05) is 20.8 Å². The summed E-state index contributed by atoms with van der Waals surface area (Å²) in [5.41, 5.74) is 0.112. The molecule has 1 aliphatic rings. The summed E-state index contributed by atoms with van der Waals surface area (Å²) >= 11 is 6.05. The molecule has 1 aromatic carbocycles. The fourth-order valence-corrected chi connectivity index (χ4v) is 3.66. The molecular formula is C21H29ClN2O4. The number of hydrogen-bond acceptors (Lipinski definition) is 4. The molecule has 154 valence electrons. The average molecular weight is 409 g/mol. The highest BCUT2D eigenvalue weighted by atomic mass is 35.5. The van der Waals surface area contributed by atoms with Crippen LogP contribution in [0.5, 0.6) is 0 Å². The van der Waals surface area contributed by atoms with E-state index < -0.39 is 23.9 Å². The monoisotopic (exact) mass is 408 g/mol. The summed E-state index contributed by atoms with van der Waals surface area (Å²) in [5.74, 6) is -1.09. The Labute approximate surface area is 171 Å². The number of halogens is 1. The van der Waals surface area contributed by atoms with Gasteiger partial charge in [-0.15, -0.1) is 0 Å². The molecule has 1 aliphatic carbocycles. The minimum absolute atomic E-state index is 0.0815. The molecule has 0 aromatic heterocycles. The number of hydrogen-bond donors (Lipinski definition) is 2. The van der Waals surface area contributed by atoms with Gasteiger partial charge in [-0.05, 0) is 58.2 Å². The smallest absolute Gasteiger partial charge is 0.313 e. The minimum atomic E-state index is -0.846. The summed E-state index contributed by atoms with van der Waals surface area (Å²) < 4.78 is 5.30. The van der Waals surface area contributed by atoms with Crippen molar-refractivity contribution in [3.8, 4) is 0 Å². The van der Waals surface area contributed by atoms with E-state index in [0.717, 1.165) is 18.4 Å². The van der Waals surface area contributed by atoms with Crippen molar-refractivity contribution < 1.29 is 19.1 Å². The molecule has 6 nitrogen and oxygen atoms in total. The van der Waals surface area contributed by atoms with Crippen LogP contribution in [0.1, 0.15) is 58.4 Å². The minimum Gasteiger partial charge on any atom is -0.455 e. The van der Waals surface area contributed by atoms with Crippen LogP contribution in [0, 0.1) is 12.3 Å². The SMILES string of the molecule is Cc1c(Cl)cccc1NC(=O)COC(=O)C1(CC(=O)NC(C)(C)C)CCCC1. The second-order valence-corrected chi connectivity index (χ2v) is 8.91. The Hall–Kier alpha value is -2.08. The maximum Gasteiger partial charge on any atom is 0.313 e. The van der Waals surface area contributed by atoms with E-state index in [9.17, 15) is 14.4 Å². The molecule has 2 rings (SSSR count). The number of nitrogens with one attached hydrogen (secondary N) is 2. The summed E-state index contributed by atoms with van der Waals surface area (Å²) in [4.78, 5) is 37.3. The Morgan fingerprint density at radius 1 is 1.14 bits per heavy atom. The van der Waals surface area contributed by atoms with Gasteiger partial charge >= 0.3 is 5.97 Å². The quantitative estimate of drug-likeness (QED) is 0.697. The third kappa shape index (κ3) is 5.96. The van der Waals surface area contributed by atoms with Gasteiger partial charge in [-0.1, -0.05) is 30.5 Å². The van der Waals surface area contributed by atoms with E-state index in [0.29, 0.717) is 23.6 Å². The maximum absolute atomic E-state index is 12.7. The molecule has 28 heavy (non-hydrogen) atoms. The Kier molecular flexibility index (Phi) is 7.10. The van der Waals surface area contributed by atoms with Gasteiger partial charge in [0.1, 0.15) is 0 Å². The largest absolute Gasteiger partial charge is 0.455 e. The van der Waals surface area contributed by atoms with Gasteiger partial charge in [0.2, 0.25) is 5.91 Å². The molecule has 2 N–H and O–H groups in total. The first-order valence-electron chi connectivity index (χ1n) is 9.56. The Morgan fingerprint density at radius 2 is 1.79 bits per heavy atom. The maximum atomic E-state index is 12.7. The number of anilines is 1. The summed E-state index contributed by atoms with van der Waals surface area (Å²) in [6, 6.07) is 5.20. The van der Waals surface area contributed by atoms with E-state index >= 15 is 0 Å². The number of esters is 1. The van der Waals surface area contributed by atoms with Gasteiger partial charge in [0.05, 0.1) is 5.41 Å². The molecule has 1 fully saturated rings. The van der Waals surface area contributed by atoms with E-state index in [1.165, 1.54) is 0 Å². The van der Waals surface area contributed by atoms with Crippen molar-refractivity contribution >= 4 is 35.1 Å². The van der Waals surface area contributed by atoms with Crippen LogP contribution in [0.2, 0.25) is 5.02 Å². The van der Waals surface area contributed by atoms with Gasteiger partial charge in [0.25, 0.3) is 5.91 Å². The molecule has 0 radical (unpaired) electrons. The van der Waals surface area contributed by atoms with Crippen LogP contribution in [-0.4, -0.2) is 29.9 Å². The van der Waals surface area contributed by atoms with Crippen molar-refractivity contribution in [2.45, 2.75) is 65.3 Å². The van der Waals surface area contributed by atoms with E-state index in [2.05, 4.69) is 10.6 Å². The lowest BCUT2D eigenvalue weighted by Gasteiger charge is -2.28. The molecule has 0 saturated heterocycles. The van der Waals surface area contributed by atoms with Crippen LogP contribution < -0.4 is 10.6 Å². The summed E-state index contributed by atoms with van der Waals surface area (Å²) in [6.45, 7) is 7.09. The van der Waals surface area contributed by atoms with E-state index in [1.54, 1.807) is 25.1 Å². The third-order valence-corrected chi connectivity index (χ3v) is 5.29. The Morgan fingerprint density at radius 3 is 2.39 bits per heavy atom. The zero-order valence-corrected chi connectivity index (χ0v) is 17.7. The third-order valence-electron chi connectivity index (χ3n) is 4.88. The molecule has 0 atom stereocenters. The van der Waals surface area contributed by atoms with Crippen LogP contribution in [0.3, 0.4) is 0 Å². The number of rotatable bonds is 6. The lowest BCUT2D eigenvalue weighted by atomic mass is 9.82. The zero-order chi connectivity index (χ0) is 20.9. The normalized spacial score (nSPS) is 15.8. The molecule has 2 amide bonds. The van der Waals surface area contributed by atoms with E-state index in [4.69, 9.17) is 16.3 Å². The standard InChI is InChI=1S/C21H29ClN2O4/c1-14-15(22)8-7-9-16(14)23-18(26)13-28-19(27)21(10-5-6-11-21)12-17(25)24-20(2,3)4/h7-9H,5-6,10-13H2,1-4H3,(H,23,26)(H,24,25). The lowest BCUT2D eigenvalue weighted by Crippen LogP contribution is -2.44. The van der Waals surface area contributed by atoms with Crippen LogP contribution in [-0.2, 0) is 19.1 Å². The predicted molar refractivity (Wildman–Crippen MR) is 109 cm³/mol. The van der Waals surface area contributed by atoms with Crippen molar-refractivity contribution in [2.75, 3.05) is 11.9 Å². The first-order valence-corrected chi connectivity index (χ1v) is 9.93. The van der Waals surface area contributed by atoms with Crippen LogP contribution >= 0.6 is 11.6 Å². The predicted octanol–water partition coefficient (Wildman–Crippen LogP) is 4.00. The van der Waals surface area contributed by atoms with Crippen molar-refractivity contribution in [2.24, 2.45) is 5.41 Å². The number of carbonyl (C=O) groups excluding carboxylic acids is 3. The van der Waals surface area contributed by atoms with Gasteiger partial charge in [0.15, 0.2) is 6.61 Å². The Bertz CT molecular complexity index is 749. The second-order valence-electron chi connectivity index (χ2n) is 8.50. The van der Waals surface area contributed by atoms with Gasteiger partial charge in [0, 0.05) is 22.7 Å². The Balaban J connectivity index is 1.96. The highest BCUT2D eigenvalue weighted by Gasteiger charge is 2.44. The van der Waals surface area contributed by atoms with Gasteiger partial charge < -0.3 is 15.4 Å². The van der Waals surface area contributed by atoms with Crippen molar-refractivity contribution in [3.05, 3.63) is 28.8 Å². The van der Waals surface area contributed by atoms with Gasteiger partial charge in [-0.2, -0.15) is 0 Å². The first kappa shape index (κ1) is 22.2. The fourth-order valence-electron chi connectivity index (χ4n) is 3.49. The molecule has 1 aromatic rings. The molecule has 0 unspecified atom stereocenters. The average Bonchev–Trinajstić information content (AvgIpc) is 3.04. The highest BCUT2D eigenvalue weighted by molar-refractivity contribution is 6.31. The van der Waals surface area contributed by atoms with Crippen molar-refractivity contribution in [1.29, 1.82) is 0 Å². The molecule has 0 spiro atoms. The summed E-state index contributed by atoms with van der Waals surface area (Å²) in [7, 11) is 0. The lowest BCUT2D eigenvalue weighted by molar-refractivity contribution is -0.160.